The highest BCUT2D eigenvalue weighted by Crippen LogP contribution is 2.11. The number of aromatic nitrogens is 2. The number of hydrogen-bond donors (Lipinski definition) is 1. The van der Waals surface area contributed by atoms with Crippen LogP contribution in [0.4, 0.5) is 0 Å². The first kappa shape index (κ1) is 12.4. The zero-order chi connectivity index (χ0) is 12.8. The second-order valence-corrected chi connectivity index (χ2v) is 3.97. The van der Waals surface area contributed by atoms with E-state index in [9.17, 15) is 4.79 Å². The molecule has 0 saturated carbocycles. The van der Waals surface area contributed by atoms with Gasteiger partial charge in [0.15, 0.2) is 0 Å². The first-order chi connectivity index (χ1) is 8.79. The molecule has 0 atom stereocenters. The lowest BCUT2D eigenvalue weighted by Gasteiger charge is -2.03. The fraction of sp³-hybridized carbons (Fsp3) is 0.286. The Kier molecular flexibility index (Phi) is 4.12. The largest absolute Gasteiger partial charge is 0.466 e. The zero-order valence-electron chi connectivity index (χ0n) is 10.3. The van der Waals surface area contributed by atoms with Gasteiger partial charge in [0.1, 0.15) is 0 Å². The van der Waals surface area contributed by atoms with Crippen LogP contribution in [0.2, 0.25) is 0 Å². The van der Waals surface area contributed by atoms with Crippen molar-refractivity contribution in [3.8, 4) is 0 Å². The molecule has 0 spiro atoms. The number of H-pyrrole nitrogens is 1. The summed E-state index contributed by atoms with van der Waals surface area (Å²) in [5.74, 6) is -0.237. The highest BCUT2D eigenvalue weighted by atomic mass is 16.5. The number of imidazole rings is 1. The van der Waals surface area contributed by atoms with Crippen LogP contribution in [0.3, 0.4) is 0 Å². The maximum absolute atomic E-state index is 11.4. The summed E-state index contributed by atoms with van der Waals surface area (Å²) < 4.78 is 4.93. The molecule has 0 amide bonds. The number of carbonyl (C=O) groups excluding carboxylic acids is 1. The number of esters is 1. The van der Waals surface area contributed by atoms with Crippen LogP contribution < -0.4 is 0 Å². The molecule has 0 unspecified atom stereocenters. The van der Waals surface area contributed by atoms with Crippen molar-refractivity contribution in [3.63, 3.8) is 0 Å². The van der Waals surface area contributed by atoms with Gasteiger partial charge in [-0.25, -0.2) is 4.98 Å². The van der Waals surface area contributed by atoms with E-state index in [1.807, 2.05) is 18.2 Å². The molecule has 0 radical (unpaired) electrons. The third-order valence-electron chi connectivity index (χ3n) is 2.65. The lowest BCUT2D eigenvalue weighted by atomic mass is 10.1. The van der Waals surface area contributed by atoms with Crippen LogP contribution in [0.15, 0.2) is 36.7 Å². The fourth-order valence-corrected chi connectivity index (χ4v) is 1.80. The van der Waals surface area contributed by atoms with Crippen LogP contribution >= 0.6 is 0 Å². The van der Waals surface area contributed by atoms with Gasteiger partial charge in [-0.05, 0) is 12.5 Å². The summed E-state index contributed by atoms with van der Waals surface area (Å²) in [5, 5.41) is 0. The van der Waals surface area contributed by atoms with Gasteiger partial charge in [-0.2, -0.15) is 0 Å². The van der Waals surface area contributed by atoms with Crippen molar-refractivity contribution in [1.29, 1.82) is 0 Å². The molecule has 0 saturated heterocycles. The molecule has 94 valence electrons. The molecule has 0 bridgehead atoms. The Balaban J connectivity index is 2.06. The Morgan fingerprint density at radius 2 is 2.11 bits per heavy atom. The van der Waals surface area contributed by atoms with Crippen LogP contribution in [0.1, 0.15) is 23.9 Å². The Bertz CT molecular complexity index is 506. The molecule has 4 heteroatoms. The van der Waals surface area contributed by atoms with E-state index < -0.39 is 0 Å². The molecular weight excluding hydrogens is 228 g/mol. The molecule has 2 rings (SSSR count). The predicted octanol–water partition coefficient (Wildman–Crippen LogP) is 2.11. The first-order valence-electron chi connectivity index (χ1n) is 6.00. The van der Waals surface area contributed by atoms with Gasteiger partial charge in [0.25, 0.3) is 0 Å². The Labute approximate surface area is 106 Å². The maximum Gasteiger partial charge on any atom is 0.311 e. The molecule has 0 aliphatic carbocycles. The second-order valence-electron chi connectivity index (χ2n) is 3.97. The molecule has 2 aromatic rings. The number of carbonyl (C=O) groups is 1. The number of rotatable bonds is 5. The van der Waals surface area contributed by atoms with Gasteiger partial charge < -0.3 is 9.72 Å². The molecule has 4 nitrogen and oxygen atoms in total. The van der Waals surface area contributed by atoms with E-state index in [0.29, 0.717) is 6.61 Å². The van der Waals surface area contributed by atoms with Crippen molar-refractivity contribution < 1.29 is 9.53 Å². The van der Waals surface area contributed by atoms with Crippen LogP contribution in [0.25, 0.3) is 0 Å². The molecule has 0 fully saturated rings. The normalized spacial score (nSPS) is 10.3. The Hall–Kier alpha value is -2.10. The average Bonchev–Trinajstić information content (AvgIpc) is 2.78. The van der Waals surface area contributed by atoms with Crippen LogP contribution in [0.5, 0.6) is 0 Å². The van der Waals surface area contributed by atoms with Crippen molar-refractivity contribution >= 4 is 5.97 Å². The number of nitrogens with zero attached hydrogens (tertiary/aromatic N) is 1. The number of nitrogens with one attached hydrogen (secondary N) is 1. The zero-order valence-corrected chi connectivity index (χ0v) is 10.3. The van der Waals surface area contributed by atoms with E-state index in [-0.39, 0.29) is 12.4 Å². The predicted molar refractivity (Wildman–Crippen MR) is 68.2 cm³/mol. The number of aromatic amines is 1. The third kappa shape index (κ3) is 3.20. The summed E-state index contributed by atoms with van der Waals surface area (Å²) in [5.41, 5.74) is 2.92. The second kappa shape index (κ2) is 6.00. The van der Waals surface area contributed by atoms with Gasteiger partial charge >= 0.3 is 5.97 Å². The molecular formula is C14H16N2O2. The quantitative estimate of drug-likeness (QED) is 0.819. The molecule has 0 aliphatic heterocycles. The van der Waals surface area contributed by atoms with E-state index in [1.54, 1.807) is 13.3 Å². The lowest BCUT2D eigenvalue weighted by Crippen LogP contribution is -2.09. The lowest BCUT2D eigenvalue weighted by molar-refractivity contribution is -0.142. The Morgan fingerprint density at radius 1 is 1.33 bits per heavy atom. The number of ether oxygens (including phenoxy) is 1. The van der Waals surface area contributed by atoms with Crippen molar-refractivity contribution in [1.82, 2.24) is 9.97 Å². The summed E-state index contributed by atoms with van der Waals surface area (Å²) in [7, 11) is 0. The smallest absolute Gasteiger partial charge is 0.311 e. The maximum atomic E-state index is 11.4. The van der Waals surface area contributed by atoms with Crippen molar-refractivity contribution in [2.75, 3.05) is 6.61 Å². The fourth-order valence-electron chi connectivity index (χ4n) is 1.80. The summed E-state index contributed by atoms with van der Waals surface area (Å²) in [6, 6.07) is 10.1. The minimum Gasteiger partial charge on any atom is -0.466 e. The summed E-state index contributed by atoms with van der Waals surface area (Å²) in [6.45, 7) is 2.20. The van der Waals surface area contributed by atoms with E-state index >= 15 is 0 Å². The monoisotopic (exact) mass is 244 g/mol. The van der Waals surface area contributed by atoms with Crippen molar-refractivity contribution in [2.45, 2.75) is 19.8 Å². The van der Waals surface area contributed by atoms with Crippen LogP contribution in [-0.4, -0.2) is 22.5 Å². The minimum absolute atomic E-state index is 0.222. The minimum atomic E-state index is -0.237. The molecule has 18 heavy (non-hydrogen) atoms. The highest BCUT2D eigenvalue weighted by Gasteiger charge is 2.11. The van der Waals surface area contributed by atoms with Gasteiger partial charge in [0.05, 0.1) is 25.0 Å². The molecule has 1 aromatic carbocycles. The average molecular weight is 244 g/mol. The van der Waals surface area contributed by atoms with Crippen LogP contribution in [0, 0.1) is 0 Å². The molecule has 1 N–H and O–H groups in total. The molecule has 1 aromatic heterocycles. The Morgan fingerprint density at radius 3 is 2.83 bits per heavy atom. The van der Waals surface area contributed by atoms with E-state index in [1.165, 1.54) is 5.56 Å². The standard InChI is InChI=1S/C14H16N2O2/c1-2-18-14(17)9-13-12(15-10-16-13)8-11-6-4-3-5-7-11/h3-7,10H,2,8-9H2,1H3,(H,15,16). The highest BCUT2D eigenvalue weighted by molar-refractivity contribution is 5.72. The number of hydrogen-bond acceptors (Lipinski definition) is 3. The van der Waals surface area contributed by atoms with Gasteiger partial charge in [-0.1, -0.05) is 30.3 Å². The summed E-state index contributed by atoms with van der Waals surface area (Å²) >= 11 is 0. The van der Waals surface area contributed by atoms with Crippen LogP contribution in [-0.2, 0) is 22.4 Å². The van der Waals surface area contributed by atoms with Gasteiger partial charge in [0.2, 0.25) is 0 Å². The molecule has 0 aliphatic rings. The third-order valence-corrected chi connectivity index (χ3v) is 2.65. The van der Waals surface area contributed by atoms with Crippen molar-refractivity contribution in [3.05, 3.63) is 53.6 Å². The van der Waals surface area contributed by atoms with E-state index in [0.717, 1.165) is 17.8 Å². The van der Waals surface area contributed by atoms with Gasteiger partial charge in [-0.3, -0.25) is 4.79 Å². The topological polar surface area (TPSA) is 55.0 Å². The SMILES string of the molecule is CCOC(=O)Cc1nc[nH]c1Cc1ccccc1. The van der Waals surface area contributed by atoms with Crippen molar-refractivity contribution in [2.24, 2.45) is 0 Å². The summed E-state index contributed by atoms with van der Waals surface area (Å²) in [4.78, 5) is 18.7. The first-order valence-corrected chi connectivity index (χ1v) is 6.00. The summed E-state index contributed by atoms with van der Waals surface area (Å²) in [6.07, 6.45) is 2.59. The van der Waals surface area contributed by atoms with E-state index in [4.69, 9.17) is 4.74 Å². The van der Waals surface area contributed by atoms with Gasteiger partial charge in [0, 0.05) is 12.1 Å². The van der Waals surface area contributed by atoms with Gasteiger partial charge in [-0.15, -0.1) is 0 Å². The number of benzene rings is 1. The molecule has 1 heterocycles. The van der Waals surface area contributed by atoms with E-state index in [2.05, 4.69) is 22.1 Å².